The number of benzene rings is 6. The van der Waals surface area contributed by atoms with Crippen LogP contribution in [0.1, 0.15) is 38.7 Å². The largest absolute Gasteiger partial charge is 0.455 e. The van der Waals surface area contributed by atoms with Gasteiger partial charge in [-0.2, -0.15) is 0 Å². The molecule has 0 atom stereocenters. The number of aromatic nitrogens is 2. The summed E-state index contributed by atoms with van der Waals surface area (Å²) in [6.07, 6.45) is 2.48. The zero-order valence-corrected chi connectivity index (χ0v) is 27.6. The van der Waals surface area contributed by atoms with Gasteiger partial charge in [0.25, 0.3) is 0 Å². The predicted molar refractivity (Wildman–Crippen MR) is 196 cm³/mol. The van der Waals surface area contributed by atoms with Gasteiger partial charge in [-0.25, -0.2) is 0 Å². The summed E-state index contributed by atoms with van der Waals surface area (Å²) in [5, 5.41) is 4.96. The van der Waals surface area contributed by atoms with Crippen molar-refractivity contribution in [2.75, 3.05) is 0 Å². The Morgan fingerprint density at radius 3 is 2.31 bits per heavy atom. The molecular formula is C44H32IrN2O-2. The molecule has 1 radical (unpaired) electrons. The van der Waals surface area contributed by atoms with E-state index in [1.807, 2.05) is 72.8 Å². The molecule has 0 aliphatic carbocycles. The molecule has 3 heterocycles. The maximum absolute atomic E-state index is 8.36. The number of para-hydroxylation sites is 1. The Kier molecular flexibility index (Phi) is 5.41. The van der Waals surface area contributed by atoms with Crippen molar-refractivity contribution >= 4 is 54.4 Å². The minimum Gasteiger partial charge on any atom is -0.455 e. The molecule has 0 spiro atoms. The number of hydrogen-bond donors (Lipinski definition) is 0. The summed E-state index contributed by atoms with van der Waals surface area (Å²) in [6, 6.07) is 39.1. The van der Waals surface area contributed by atoms with Gasteiger partial charge in [-0.1, -0.05) is 84.4 Å². The molecule has 9 aromatic rings. The molecule has 48 heavy (non-hydrogen) atoms. The maximum atomic E-state index is 8.36. The van der Waals surface area contributed by atoms with Gasteiger partial charge in [0, 0.05) is 65.3 Å². The molecule has 0 aliphatic heterocycles. The van der Waals surface area contributed by atoms with Crippen molar-refractivity contribution in [3.05, 3.63) is 156 Å². The Balaban J connectivity index is 0.000000220. The summed E-state index contributed by atoms with van der Waals surface area (Å²) in [7, 11) is 0. The molecule has 0 saturated heterocycles. The van der Waals surface area contributed by atoms with Gasteiger partial charge in [-0.05, 0) is 70.9 Å². The van der Waals surface area contributed by atoms with Crippen molar-refractivity contribution in [3.63, 3.8) is 0 Å². The van der Waals surface area contributed by atoms with Crippen LogP contribution in [0.2, 0.25) is 0 Å². The van der Waals surface area contributed by atoms with Crippen LogP contribution in [-0.4, -0.2) is 9.97 Å². The minimum absolute atomic E-state index is 0. The van der Waals surface area contributed by atoms with E-state index in [-0.39, 0.29) is 42.4 Å². The van der Waals surface area contributed by atoms with Crippen molar-refractivity contribution in [2.24, 2.45) is 0 Å². The third kappa shape index (κ3) is 5.47. The molecule has 235 valence electrons. The van der Waals surface area contributed by atoms with E-state index in [4.69, 9.17) is 20.9 Å². The summed E-state index contributed by atoms with van der Waals surface area (Å²) in [4.78, 5) is 8.58. The van der Waals surface area contributed by atoms with Crippen LogP contribution in [0, 0.1) is 39.5 Å². The van der Waals surface area contributed by atoms with Gasteiger partial charge in [-0.15, -0.1) is 65.0 Å². The van der Waals surface area contributed by atoms with E-state index >= 15 is 0 Å². The molecule has 3 nitrogen and oxygen atoms in total. The molecule has 4 heteroatoms. The zero-order chi connectivity index (χ0) is 42.1. The third-order valence-corrected chi connectivity index (χ3v) is 8.31. The van der Waals surface area contributed by atoms with Gasteiger partial charge < -0.3 is 14.4 Å². The third-order valence-electron chi connectivity index (χ3n) is 8.31. The molecule has 0 aliphatic rings. The average molecular weight is 809 g/mol. The van der Waals surface area contributed by atoms with E-state index in [1.165, 1.54) is 30.6 Å². The van der Waals surface area contributed by atoms with Crippen molar-refractivity contribution in [1.29, 1.82) is 0 Å². The Labute approximate surface area is 310 Å². The van der Waals surface area contributed by atoms with Crippen molar-refractivity contribution < 1.29 is 41.0 Å². The fourth-order valence-corrected chi connectivity index (χ4v) is 6.08. The van der Waals surface area contributed by atoms with Crippen LogP contribution in [0.25, 0.3) is 76.8 Å². The Morgan fingerprint density at radius 1 is 0.667 bits per heavy atom. The Morgan fingerprint density at radius 2 is 1.54 bits per heavy atom. The van der Waals surface area contributed by atoms with E-state index < -0.39 is 27.4 Å². The standard InChI is InChI=1S/C31H20NO.C13H12N.Ir/c1-18-17-32-30-23-12-7-6-11-22(23)25-15-26-24-14-8-13-21(20-9-4-3-5-10-20)31(24)33-28(26)16-27(25)29(30)19(18)2;1-10-3-6-12(7-4-10)13-8-5-11(2)9-14-13;/h3-11,13-17H,1-2H3;3-6,8-9H,1-2H3;/q2*-1;/i2*1D3,2D3;. The van der Waals surface area contributed by atoms with Gasteiger partial charge >= 0.3 is 0 Å². The van der Waals surface area contributed by atoms with Crippen LogP contribution in [0.15, 0.2) is 126 Å². The normalized spacial score (nSPS) is 15.9. The fourth-order valence-electron chi connectivity index (χ4n) is 6.08. The molecule has 0 unspecified atom stereocenters. The van der Waals surface area contributed by atoms with Crippen molar-refractivity contribution in [1.82, 2.24) is 9.97 Å². The summed E-state index contributed by atoms with van der Waals surface area (Å²) in [5.74, 6) is 0. The average Bonchev–Trinajstić information content (AvgIpc) is 3.57. The number of pyridine rings is 2. The molecule has 0 fully saturated rings. The van der Waals surface area contributed by atoms with Crippen molar-refractivity contribution in [3.8, 4) is 22.4 Å². The summed E-state index contributed by atoms with van der Waals surface area (Å²) < 4.78 is 99.4. The van der Waals surface area contributed by atoms with E-state index in [2.05, 4.69) is 22.1 Å². The first-order chi connectivity index (χ1) is 27.8. The van der Waals surface area contributed by atoms with E-state index in [9.17, 15) is 0 Å². The van der Waals surface area contributed by atoms with Crippen LogP contribution in [0.3, 0.4) is 0 Å². The summed E-state index contributed by atoms with van der Waals surface area (Å²) >= 11 is 0. The number of rotatable bonds is 2. The van der Waals surface area contributed by atoms with E-state index in [1.54, 1.807) is 18.2 Å². The van der Waals surface area contributed by atoms with Gasteiger partial charge in [0.1, 0.15) is 11.2 Å². The summed E-state index contributed by atoms with van der Waals surface area (Å²) in [6.45, 7) is -9.68. The molecule has 0 N–H and O–H groups in total. The SMILES string of the molecule is [2H]C([2H])([2H])c1c[c-]c(-c2ccc(C([2H])([2H])[2H])cn2)cc1.[2H]C([2H])([2H])c1cnc2c3[c-]cccc3c3cc4c(cc3c2c1C([2H])([2H])[2H])oc1c(-c2ccccc2)cccc14.[Ir]. The molecular weight excluding hydrogens is 765 g/mol. The second-order valence-electron chi connectivity index (χ2n) is 11.2. The second kappa shape index (κ2) is 12.8. The van der Waals surface area contributed by atoms with Gasteiger partial charge in [0.05, 0.1) is 0 Å². The van der Waals surface area contributed by atoms with Crippen LogP contribution in [0.4, 0.5) is 0 Å². The first-order valence-electron chi connectivity index (χ1n) is 20.9. The van der Waals surface area contributed by atoms with E-state index in [0.29, 0.717) is 38.5 Å². The topological polar surface area (TPSA) is 38.9 Å². The van der Waals surface area contributed by atoms with Crippen LogP contribution in [0.5, 0.6) is 0 Å². The predicted octanol–water partition coefficient (Wildman–Crippen LogP) is 11.7. The van der Waals surface area contributed by atoms with Gasteiger partial charge in [0.2, 0.25) is 0 Å². The minimum atomic E-state index is -2.69. The van der Waals surface area contributed by atoms with Crippen LogP contribution in [-0.2, 0) is 20.1 Å². The number of aryl methyl sites for hydroxylation is 4. The van der Waals surface area contributed by atoms with E-state index in [0.717, 1.165) is 38.3 Å². The number of nitrogens with zero attached hydrogens (tertiary/aromatic N) is 2. The summed E-state index contributed by atoms with van der Waals surface area (Å²) in [5.41, 5.74) is 4.74. The first-order valence-corrected chi connectivity index (χ1v) is 14.9. The second-order valence-corrected chi connectivity index (χ2v) is 11.2. The monoisotopic (exact) mass is 809 g/mol. The molecule has 6 aromatic carbocycles. The maximum Gasteiger partial charge on any atom is 0.143 e. The number of hydrogen-bond acceptors (Lipinski definition) is 3. The number of fused-ring (bicyclic) bond motifs is 9. The first kappa shape index (κ1) is 20.3. The van der Waals surface area contributed by atoms with Crippen molar-refractivity contribution in [2.45, 2.75) is 27.4 Å². The number of furan rings is 1. The molecule has 0 amide bonds. The van der Waals surface area contributed by atoms with Crippen LogP contribution >= 0.6 is 0 Å². The van der Waals surface area contributed by atoms with Gasteiger partial charge in [-0.3, -0.25) is 0 Å². The fraction of sp³-hybridized carbons (Fsp3) is 0.0909. The smallest absolute Gasteiger partial charge is 0.143 e. The molecule has 0 bridgehead atoms. The quantitative estimate of drug-likeness (QED) is 0.129. The zero-order valence-electron chi connectivity index (χ0n) is 37.2. The van der Waals surface area contributed by atoms with Gasteiger partial charge in [0.15, 0.2) is 0 Å². The molecule has 9 rings (SSSR count). The Bertz CT molecular complexity index is 2970. The molecule has 3 aromatic heterocycles. The van der Waals surface area contributed by atoms with Crippen LogP contribution < -0.4 is 0 Å². The Hall–Kier alpha value is -5.15. The molecule has 0 saturated carbocycles.